The summed E-state index contributed by atoms with van der Waals surface area (Å²) in [7, 11) is 0. The number of allylic oxidation sites excluding steroid dienone is 2. The summed E-state index contributed by atoms with van der Waals surface area (Å²) in [6.07, 6.45) is 5.93. The van der Waals surface area contributed by atoms with Crippen LogP contribution < -0.4 is 0 Å². The second-order valence-electron chi connectivity index (χ2n) is 2.78. The monoisotopic (exact) mass is 216 g/mol. The van der Waals surface area contributed by atoms with E-state index < -0.39 is 5.97 Å². The Hall–Kier alpha value is -0.570. The lowest BCUT2D eigenvalue weighted by molar-refractivity contribution is -0.132. The molecule has 0 aromatic heterocycles. The molecule has 3 heteroatoms. The number of carbonyl (C=O) groups is 1. The highest BCUT2D eigenvalue weighted by atomic mass is 79.9. The van der Waals surface area contributed by atoms with E-state index in [1.54, 1.807) is 12.2 Å². The van der Waals surface area contributed by atoms with Crippen molar-refractivity contribution in [2.45, 2.75) is 17.7 Å². The molecule has 60 valence electrons. The summed E-state index contributed by atoms with van der Waals surface area (Å²) < 4.78 is -0.0635. The van der Waals surface area contributed by atoms with Crippen LogP contribution in [-0.2, 0) is 4.79 Å². The first-order valence-corrected chi connectivity index (χ1v) is 4.12. The van der Waals surface area contributed by atoms with Gasteiger partial charge in [-0.05, 0) is 13.3 Å². The maximum Gasteiger partial charge on any atom is 0.335 e. The molecule has 1 rings (SSSR count). The van der Waals surface area contributed by atoms with Crippen LogP contribution in [0.5, 0.6) is 0 Å². The van der Waals surface area contributed by atoms with Gasteiger partial charge in [0.2, 0.25) is 0 Å². The third kappa shape index (κ3) is 2.19. The summed E-state index contributed by atoms with van der Waals surface area (Å²) in [6, 6.07) is 0. The molecule has 0 aliphatic heterocycles. The van der Waals surface area contributed by atoms with E-state index >= 15 is 0 Å². The molecule has 0 fully saturated rings. The number of carboxylic acids is 1. The molecule has 11 heavy (non-hydrogen) atoms. The van der Waals surface area contributed by atoms with E-state index in [0.717, 1.165) is 6.42 Å². The van der Waals surface area contributed by atoms with E-state index in [2.05, 4.69) is 15.9 Å². The Kier molecular flexibility index (Phi) is 2.18. The molecule has 0 aromatic rings. The smallest absolute Gasteiger partial charge is 0.335 e. The topological polar surface area (TPSA) is 37.3 Å². The summed E-state index contributed by atoms with van der Waals surface area (Å²) in [6.45, 7) is 2.00. The molecule has 0 heterocycles. The fourth-order valence-corrected chi connectivity index (χ4v) is 1.16. The van der Waals surface area contributed by atoms with Crippen LogP contribution in [0.2, 0.25) is 0 Å². The molecule has 0 amide bonds. The first-order valence-electron chi connectivity index (χ1n) is 3.33. The minimum absolute atomic E-state index is 0.0635. The van der Waals surface area contributed by atoms with Gasteiger partial charge in [0.05, 0.1) is 5.57 Å². The maximum absolute atomic E-state index is 10.4. The van der Waals surface area contributed by atoms with Gasteiger partial charge in [0.25, 0.3) is 0 Å². The summed E-state index contributed by atoms with van der Waals surface area (Å²) in [5.74, 6) is -0.857. The standard InChI is InChI=1S/C8H9BrO2/c1-8(9)4-2-6(3-5-8)7(10)11/h2-4H,5H2,1H3,(H,10,11). The molecule has 0 saturated carbocycles. The number of rotatable bonds is 1. The van der Waals surface area contributed by atoms with E-state index in [1.807, 2.05) is 13.0 Å². The lowest BCUT2D eigenvalue weighted by Gasteiger charge is -2.18. The van der Waals surface area contributed by atoms with Crippen molar-refractivity contribution in [3.05, 3.63) is 23.8 Å². The molecular formula is C8H9BrO2. The molecule has 0 radical (unpaired) electrons. The molecule has 1 aliphatic rings. The summed E-state index contributed by atoms with van der Waals surface area (Å²) in [5, 5.41) is 8.57. The van der Waals surface area contributed by atoms with Gasteiger partial charge >= 0.3 is 5.97 Å². The Morgan fingerprint density at radius 3 is 2.82 bits per heavy atom. The van der Waals surface area contributed by atoms with Gasteiger partial charge in [-0.25, -0.2) is 4.79 Å². The van der Waals surface area contributed by atoms with Crippen LogP contribution in [0.15, 0.2) is 23.8 Å². The Labute approximate surface area is 73.7 Å². The fourth-order valence-electron chi connectivity index (χ4n) is 0.868. The quantitative estimate of drug-likeness (QED) is 0.683. The van der Waals surface area contributed by atoms with Gasteiger partial charge in [0.15, 0.2) is 0 Å². The molecule has 0 bridgehead atoms. The van der Waals surface area contributed by atoms with Gasteiger partial charge in [-0.3, -0.25) is 0 Å². The van der Waals surface area contributed by atoms with Gasteiger partial charge < -0.3 is 5.11 Å². The second kappa shape index (κ2) is 2.81. The number of hydrogen-bond donors (Lipinski definition) is 1. The zero-order valence-corrected chi connectivity index (χ0v) is 7.76. The first-order chi connectivity index (χ1) is 5.01. The van der Waals surface area contributed by atoms with Crippen molar-refractivity contribution in [3.63, 3.8) is 0 Å². The third-order valence-corrected chi connectivity index (χ3v) is 2.17. The van der Waals surface area contributed by atoms with Crippen LogP contribution in [0.25, 0.3) is 0 Å². The number of carboxylic acid groups (broad SMARTS) is 1. The Morgan fingerprint density at radius 1 is 1.82 bits per heavy atom. The summed E-state index contributed by atoms with van der Waals surface area (Å²) in [4.78, 5) is 10.4. The van der Waals surface area contributed by atoms with Gasteiger partial charge in [-0.2, -0.15) is 0 Å². The average Bonchev–Trinajstić information content (AvgIpc) is 1.86. The van der Waals surface area contributed by atoms with E-state index in [9.17, 15) is 4.79 Å². The number of alkyl halides is 1. The molecule has 0 saturated heterocycles. The molecule has 2 nitrogen and oxygen atoms in total. The van der Waals surface area contributed by atoms with Crippen LogP contribution >= 0.6 is 15.9 Å². The highest BCUT2D eigenvalue weighted by Gasteiger charge is 2.19. The van der Waals surface area contributed by atoms with Crippen LogP contribution in [0.4, 0.5) is 0 Å². The van der Waals surface area contributed by atoms with Crippen LogP contribution in [0.1, 0.15) is 13.3 Å². The predicted molar refractivity (Wildman–Crippen MR) is 46.8 cm³/mol. The highest BCUT2D eigenvalue weighted by Crippen LogP contribution is 2.28. The number of hydrogen-bond acceptors (Lipinski definition) is 1. The lowest BCUT2D eigenvalue weighted by atomic mass is 9.98. The minimum atomic E-state index is -0.857. The Morgan fingerprint density at radius 2 is 2.45 bits per heavy atom. The zero-order chi connectivity index (χ0) is 8.48. The first kappa shape index (κ1) is 8.53. The summed E-state index contributed by atoms with van der Waals surface area (Å²) >= 11 is 3.44. The van der Waals surface area contributed by atoms with E-state index in [4.69, 9.17) is 5.11 Å². The predicted octanol–water partition coefficient (Wildman–Crippen LogP) is 2.11. The van der Waals surface area contributed by atoms with Crippen molar-refractivity contribution >= 4 is 21.9 Å². The minimum Gasteiger partial charge on any atom is -0.478 e. The van der Waals surface area contributed by atoms with Gasteiger partial charge in [0.1, 0.15) is 0 Å². The normalized spacial score (nSPS) is 29.8. The number of aliphatic carboxylic acids is 1. The molecule has 1 aliphatic carbocycles. The number of halogens is 1. The van der Waals surface area contributed by atoms with Crippen molar-refractivity contribution in [2.75, 3.05) is 0 Å². The average molecular weight is 217 g/mol. The van der Waals surface area contributed by atoms with Gasteiger partial charge in [0, 0.05) is 4.32 Å². The lowest BCUT2D eigenvalue weighted by Crippen LogP contribution is -2.15. The van der Waals surface area contributed by atoms with Crippen molar-refractivity contribution in [3.8, 4) is 0 Å². The second-order valence-corrected chi connectivity index (χ2v) is 4.59. The third-order valence-electron chi connectivity index (χ3n) is 1.58. The SMILES string of the molecule is CC1(Br)C=CC(C(=O)O)=CC1. The van der Waals surface area contributed by atoms with E-state index in [0.29, 0.717) is 5.57 Å². The fraction of sp³-hybridized carbons (Fsp3) is 0.375. The van der Waals surface area contributed by atoms with Crippen LogP contribution in [0, 0.1) is 0 Å². The van der Waals surface area contributed by atoms with Gasteiger partial charge in [-0.1, -0.05) is 34.2 Å². The van der Waals surface area contributed by atoms with Crippen molar-refractivity contribution in [2.24, 2.45) is 0 Å². The van der Waals surface area contributed by atoms with Crippen molar-refractivity contribution in [1.82, 2.24) is 0 Å². The molecule has 1 N–H and O–H groups in total. The molecule has 1 atom stereocenters. The zero-order valence-electron chi connectivity index (χ0n) is 6.17. The van der Waals surface area contributed by atoms with Crippen LogP contribution in [-0.4, -0.2) is 15.4 Å². The molecular weight excluding hydrogens is 208 g/mol. The Bertz CT molecular complexity index is 238. The highest BCUT2D eigenvalue weighted by molar-refractivity contribution is 9.10. The summed E-state index contributed by atoms with van der Waals surface area (Å²) in [5.41, 5.74) is 0.377. The van der Waals surface area contributed by atoms with Gasteiger partial charge in [-0.15, -0.1) is 0 Å². The van der Waals surface area contributed by atoms with Crippen molar-refractivity contribution in [1.29, 1.82) is 0 Å². The van der Waals surface area contributed by atoms with Crippen LogP contribution in [0.3, 0.4) is 0 Å². The largest absolute Gasteiger partial charge is 0.478 e. The maximum atomic E-state index is 10.4. The van der Waals surface area contributed by atoms with E-state index in [-0.39, 0.29) is 4.32 Å². The molecule has 1 unspecified atom stereocenters. The molecule has 0 spiro atoms. The molecule has 0 aromatic carbocycles. The van der Waals surface area contributed by atoms with E-state index in [1.165, 1.54) is 0 Å². The van der Waals surface area contributed by atoms with Crippen molar-refractivity contribution < 1.29 is 9.90 Å². The Balaban J connectivity index is 2.75.